The lowest BCUT2D eigenvalue weighted by atomic mass is 10.1. The number of hydrogen-bond acceptors (Lipinski definition) is 0. The topological polar surface area (TPSA) is 9.34 Å². The van der Waals surface area contributed by atoms with Gasteiger partial charge >= 0.3 is 0 Å². The van der Waals surface area contributed by atoms with Crippen LogP contribution in [0.25, 0.3) is 16.9 Å². The Labute approximate surface area is 101 Å². The molecule has 0 fully saturated rings. The van der Waals surface area contributed by atoms with Crippen LogP contribution in [0.1, 0.15) is 11.1 Å². The van der Waals surface area contributed by atoms with Crippen LogP contribution in [-0.2, 0) is 7.05 Å². The van der Waals surface area contributed by atoms with E-state index in [1.165, 1.54) is 28.0 Å². The number of nitrogens with zero attached hydrogens (tertiary/aromatic N) is 2. The highest BCUT2D eigenvalue weighted by atomic mass is 15.0. The van der Waals surface area contributed by atoms with Gasteiger partial charge in [-0.05, 0) is 49.2 Å². The SMILES string of the molecule is Cc1ccn(C)c1-c1c(C)cc2ccccn12. The number of hydrogen-bond donors (Lipinski definition) is 0. The van der Waals surface area contributed by atoms with E-state index in [1.54, 1.807) is 0 Å². The van der Waals surface area contributed by atoms with Crippen molar-refractivity contribution in [1.29, 1.82) is 0 Å². The molecule has 0 aliphatic rings. The maximum atomic E-state index is 2.26. The Bertz CT molecular complexity index is 667. The van der Waals surface area contributed by atoms with Crippen molar-refractivity contribution in [1.82, 2.24) is 8.97 Å². The van der Waals surface area contributed by atoms with Gasteiger partial charge in [-0.15, -0.1) is 0 Å². The van der Waals surface area contributed by atoms with Gasteiger partial charge in [0.1, 0.15) is 0 Å². The minimum atomic E-state index is 1.25. The van der Waals surface area contributed by atoms with E-state index < -0.39 is 0 Å². The monoisotopic (exact) mass is 224 g/mol. The normalized spacial score (nSPS) is 11.2. The molecule has 0 radical (unpaired) electrons. The van der Waals surface area contributed by atoms with E-state index in [0.717, 1.165) is 0 Å². The van der Waals surface area contributed by atoms with Gasteiger partial charge in [0.2, 0.25) is 0 Å². The predicted molar refractivity (Wildman–Crippen MR) is 71.3 cm³/mol. The molecule has 0 aliphatic carbocycles. The summed E-state index contributed by atoms with van der Waals surface area (Å²) in [6, 6.07) is 10.7. The molecule has 2 nitrogen and oxygen atoms in total. The Morgan fingerprint density at radius 2 is 1.71 bits per heavy atom. The first-order chi connectivity index (χ1) is 8.18. The molecule has 0 aromatic carbocycles. The zero-order valence-electron chi connectivity index (χ0n) is 10.4. The molecule has 2 heteroatoms. The molecule has 0 aliphatic heterocycles. The fourth-order valence-corrected chi connectivity index (χ4v) is 2.57. The molecule has 0 N–H and O–H groups in total. The second kappa shape index (κ2) is 3.52. The summed E-state index contributed by atoms with van der Waals surface area (Å²) in [4.78, 5) is 0. The van der Waals surface area contributed by atoms with Crippen LogP contribution in [0.3, 0.4) is 0 Å². The van der Waals surface area contributed by atoms with Crippen LogP contribution in [0, 0.1) is 13.8 Å². The number of aromatic nitrogens is 2. The van der Waals surface area contributed by atoms with Crippen LogP contribution >= 0.6 is 0 Å². The summed E-state index contributed by atoms with van der Waals surface area (Å²) in [5, 5.41) is 0. The number of pyridine rings is 1. The molecule has 86 valence electrons. The van der Waals surface area contributed by atoms with E-state index in [9.17, 15) is 0 Å². The summed E-state index contributed by atoms with van der Waals surface area (Å²) in [6.07, 6.45) is 4.25. The van der Waals surface area contributed by atoms with Crippen LogP contribution in [0.5, 0.6) is 0 Å². The van der Waals surface area contributed by atoms with Crippen molar-refractivity contribution in [2.24, 2.45) is 7.05 Å². The Morgan fingerprint density at radius 3 is 2.41 bits per heavy atom. The quantitative estimate of drug-likeness (QED) is 0.598. The molecule has 0 saturated carbocycles. The summed E-state index contributed by atoms with van der Waals surface area (Å²) in [5.74, 6) is 0. The minimum absolute atomic E-state index is 1.25. The molecular formula is C15H16N2. The summed E-state index contributed by atoms with van der Waals surface area (Å²) in [5.41, 5.74) is 6.49. The van der Waals surface area contributed by atoms with Crippen molar-refractivity contribution in [3.8, 4) is 11.4 Å². The second-order valence-electron chi connectivity index (χ2n) is 4.63. The van der Waals surface area contributed by atoms with E-state index in [2.05, 4.69) is 72.6 Å². The van der Waals surface area contributed by atoms with Crippen LogP contribution < -0.4 is 0 Å². The van der Waals surface area contributed by atoms with Gasteiger partial charge in [-0.2, -0.15) is 0 Å². The first-order valence-electron chi connectivity index (χ1n) is 5.87. The molecule has 3 aromatic heterocycles. The van der Waals surface area contributed by atoms with Crippen molar-refractivity contribution in [3.63, 3.8) is 0 Å². The zero-order chi connectivity index (χ0) is 12.0. The van der Waals surface area contributed by atoms with Gasteiger partial charge < -0.3 is 8.97 Å². The molecule has 3 heterocycles. The third-order valence-corrected chi connectivity index (χ3v) is 3.37. The molecule has 0 amide bonds. The maximum absolute atomic E-state index is 2.26. The molecule has 0 atom stereocenters. The van der Waals surface area contributed by atoms with Crippen LogP contribution in [0.15, 0.2) is 42.7 Å². The highest BCUT2D eigenvalue weighted by Crippen LogP contribution is 2.29. The van der Waals surface area contributed by atoms with Crippen molar-refractivity contribution >= 4 is 5.52 Å². The van der Waals surface area contributed by atoms with Gasteiger partial charge in [-0.3, -0.25) is 0 Å². The third kappa shape index (κ3) is 1.41. The lowest BCUT2D eigenvalue weighted by molar-refractivity contribution is 0.923. The van der Waals surface area contributed by atoms with E-state index >= 15 is 0 Å². The third-order valence-electron chi connectivity index (χ3n) is 3.37. The molecule has 0 bridgehead atoms. The standard InChI is InChI=1S/C15H16N2/c1-11-7-9-16(3)14(11)15-12(2)10-13-6-4-5-8-17(13)15/h4-10H,1-3H3. The van der Waals surface area contributed by atoms with E-state index in [-0.39, 0.29) is 0 Å². The zero-order valence-corrected chi connectivity index (χ0v) is 10.4. The smallest absolute Gasteiger partial charge is 0.0726 e. The predicted octanol–water partition coefficient (Wildman–Crippen LogP) is 3.56. The lowest BCUT2D eigenvalue weighted by Crippen LogP contribution is -1.96. The van der Waals surface area contributed by atoms with Crippen molar-refractivity contribution in [2.45, 2.75) is 13.8 Å². The van der Waals surface area contributed by atoms with Gasteiger partial charge in [0, 0.05) is 25.0 Å². The van der Waals surface area contributed by atoms with Crippen molar-refractivity contribution in [2.75, 3.05) is 0 Å². The van der Waals surface area contributed by atoms with Gasteiger partial charge in [0.05, 0.1) is 11.4 Å². The van der Waals surface area contributed by atoms with Crippen molar-refractivity contribution < 1.29 is 0 Å². The molecule has 0 saturated heterocycles. The first-order valence-corrected chi connectivity index (χ1v) is 5.87. The highest BCUT2D eigenvalue weighted by Gasteiger charge is 2.13. The summed E-state index contributed by atoms with van der Waals surface area (Å²) >= 11 is 0. The molecule has 3 rings (SSSR count). The second-order valence-corrected chi connectivity index (χ2v) is 4.63. The van der Waals surface area contributed by atoms with Crippen LogP contribution in [0.2, 0.25) is 0 Å². The Morgan fingerprint density at radius 1 is 0.882 bits per heavy atom. The highest BCUT2D eigenvalue weighted by molar-refractivity contribution is 5.71. The number of aryl methyl sites for hydroxylation is 3. The minimum Gasteiger partial charge on any atom is -0.349 e. The van der Waals surface area contributed by atoms with E-state index in [4.69, 9.17) is 0 Å². The van der Waals surface area contributed by atoms with Crippen LogP contribution in [0.4, 0.5) is 0 Å². The molecule has 0 spiro atoms. The van der Waals surface area contributed by atoms with E-state index in [1.807, 2.05) is 0 Å². The molecule has 3 aromatic rings. The lowest BCUT2D eigenvalue weighted by Gasteiger charge is -2.08. The van der Waals surface area contributed by atoms with E-state index in [0.29, 0.717) is 0 Å². The average Bonchev–Trinajstić information content (AvgIpc) is 2.79. The van der Waals surface area contributed by atoms with Crippen LogP contribution in [-0.4, -0.2) is 8.97 Å². The summed E-state index contributed by atoms with van der Waals surface area (Å²) < 4.78 is 4.45. The largest absolute Gasteiger partial charge is 0.349 e. The fourth-order valence-electron chi connectivity index (χ4n) is 2.57. The Kier molecular flexibility index (Phi) is 2.11. The average molecular weight is 224 g/mol. The summed E-state index contributed by atoms with van der Waals surface area (Å²) in [6.45, 7) is 4.34. The maximum Gasteiger partial charge on any atom is 0.0726 e. The fraction of sp³-hybridized carbons (Fsp3) is 0.200. The molecule has 0 unspecified atom stereocenters. The number of fused-ring (bicyclic) bond motifs is 1. The van der Waals surface area contributed by atoms with Gasteiger partial charge in [-0.1, -0.05) is 6.07 Å². The van der Waals surface area contributed by atoms with Gasteiger partial charge in [0.25, 0.3) is 0 Å². The van der Waals surface area contributed by atoms with Crippen molar-refractivity contribution in [3.05, 3.63) is 53.9 Å². The van der Waals surface area contributed by atoms with Gasteiger partial charge in [0.15, 0.2) is 0 Å². The molecule has 17 heavy (non-hydrogen) atoms. The molecular weight excluding hydrogens is 208 g/mol. The first kappa shape index (κ1) is 10.2. The Hall–Kier alpha value is -1.96. The summed E-state index contributed by atoms with van der Waals surface area (Å²) in [7, 11) is 2.10. The number of rotatable bonds is 1. The van der Waals surface area contributed by atoms with Gasteiger partial charge in [-0.25, -0.2) is 0 Å². The Balaban J connectivity index is 2.41.